The maximum atomic E-state index is 12.7. The number of benzene rings is 3. The topological polar surface area (TPSA) is 72.5 Å². The lowest BCUT2D eigenvalue weighted by Crippen LogP contribution is -2.14. The number of nitrogens with one attached hydrogen (secondary N) is 1. The number of ether oxygens (including phenoxy) is 1. The van der Waals surface area contributed by atoms with Crippen LogP contribution in [0.25, 0.3) is 0 Å². The molecule has 0 bridgehead atoms. The van der Waals surface area contributed by atoms with E-state index in [4.69, 9.17) is 16.3 Å². The largest absolute Gasteiger partial charge is 0.455 e. The Morgan fingerprint density at radius 1 is 1.00 bits per heavy atom. The minimum Gasteiger partial charge on any atom is -0.455 e. The standard InChI is InChI=1S/C21H18ClNO4S/c1-14-6-5-7-15(12-14)27-20-9-4-3-8-19(20)23-21(24)17-13-16(28(2,25)26)10-11-18(17)22/h3-13H,1-2H3,(H,23,24). The summed E-state index contributed by atoms with van der Waals surface area (Å²) in [5.41, 5.74) is 1.55. The van der Waals surface area contributed by atoms with Gasteiger partial charge in [-0.25, -0.2) is 8.42 Å². The van der Waals surface area contributed by atoms with E-state index in [1.165, 1.54) is 18.2 Å². The highest BCUT2D eigenvalue weighted by Gasteiger charge is 2.17. The second kappa shape index (κ2) is 8.04. The second-order valence-corrected chi connectivity index (χ2v) is 8.71. The normalized spacial score (nSPS) is 11.1. The highest BCUT2D eigenvalue weighted by atomic mass is 35.5. The monoisotopic (exact) mass is 415 g/mol. The van der Waals surface area contributed by atoms with Gasteiger partial charge >= 0.3 is 0 Å². The van der Waals surface area contributed by atoms with Crippen molar-refractivity contribution in [3.8, 4) is 11.5 Å². The van der Waals surface area contributed by atoms with Crippen molar-refractivity contribution in [2.45, 2.75) is 11.8 Å². The van der Waals surface area contributed by atoms with Gasteiger partial charge in [-0.15, -0.1) is 0 Å². The van der Waals surface area contributed by atoms with Crippen LogP contribution in [0.4, 0.5) is 5.69 Å². The molecule has 3 aromatic rings. The highest BCUT2D eigenvalue weighted by Crippen LogP contribution is 2.31. The van der Waals surface area contributed by atoms with Crippen molar-refractivity contribution in [2.75, 3.05) is 11.6 Å². The van der Waals surface area contributed by atoms with Crippen molar-refractivity contribution in [1.82, 2.24) is 0 Å². The molecule has 3 rings (SSSR count). The van der Waals surface area contributed by atoms with Crippen molar-refractivity contribution in [3.63, 3.8) is 0 Å². The van der Waals surface area contributed by atoms with Crippen molar-refractivity contribution in [1.29, 1.82) is 0 Å². The van der Waals surface area contributed by atoms with Gasteiger partial charge in [-0.05, 0) is 55.0 Å². The molecule has 1 N–H and O–H groups in total. The predicted molar refractivity (Wildman–Crippen MR) is 110 cm³/mol. The van der Waals surface area contributed by atoms with E-state index >= 15 is 0 Å². The fourth-order valence-electron chi connectivity index (χ4n) is 2.56. The Morgan fingerprint density at radius 2 is 1.75 bits per heavy atom. The molecule has 0 unspecified atom stereocenters. The van der Waals surface area contributed by atoms with Crippen LogP contribution in [0.15, 0.2) is 71.6 Å². The summed E-state index contributed by atoms with van der Waals surface area (Å²) in [5, 5.41) is 2.89. The third-order valence-corrected chi connectivity index (χ3v) is 5.40. The van der Waals surface area contributed by atoms with Gasteiger partial charge in [-0.3, -0.25) is 4.79 Å². The Hall–Kier alpha value is -2.83. The summed E-state index contributed by atoms with van der Waals surface area (Å²) in [6, 6.07) is 18.5. The first kappa shape index (κ1) is 19.9. The Labute approximate surface area is 168 Å². The minimum atomic E-state index is -3.46. The number of rotatable bonds is 5. The number of halogens is 1. The van der Waals surface area contributed by atoms with E-state index in [2.05, 4.69) is 5.32 Å². The summed E-state index contributed by atoms with van der Waals surface area (Å²) in [7, 11) is -3.46. The van der Waals surface area contributed by atoms with Gasteiger partial charge in [0.25, 0.3) is 5.91 Å². The molecule has 5 nitrogen and oxygen atoms in total. The van der Waals surface area contributed by atoms with Gasteiger partial charge in [0.2, 0.25) is 0 Å². The van der Waals surface area contributed by atoms with Crippen molar-refractivity contribution in [3.05, 3.63) is 82.9 Å². The first-order chi connectivity index (χ1) is 13.2. The van der Waals surface area contributed by atoms with Crippen LogP contribution in [0, 0.1) is 6.92 Å². The Kier molecular flexibility index (Phi) is 5.72. The van der Waals surface area contributed by atoms with E-state index in [-0.39, 0.29) is 15.5 Å². The summed E-state index contributed by atoms with van der Waals surface area (Å²) in [5.74, 6) is 0.562. The molecule has 0 saturated carbocycles. The molecule has 0 atom stereocenters. The molecule has 28 heavy (non-hydrogen) atoms. The van der Waals surface area contributed by atoms with Crippen LogP contribution < -0.4 is 10.1 Å². The number of amides is 1. The molecule has 0 aliphatic heterocycles. The quantitative estimate of drug-likeness (QED) is 0.629. The molecule has 0 radical (unpaired) electrons. The van der Waals surface area contributed by atoms with E-state index in [9.17, 15) is 13.2 Å². The summed E-state index contributed by atoms with van der Waals surface area (Å²) >= 11 is 6.11. The van der Waals surface area contributed by atoms with Gasteiger partial charge in [0, 0.05) is 6.26 Å². The van der Waals surface area contributed by atoms with Gasteiger partial charge in [0.05, 0.1) is 21.2 Å². The van der Waals surface area contributed by atoms with E-state index < -0.39 is 15.7 Å². The van der Waals surface area contributed by atoms with Crippen LogP contribution >= 0.6 is 11.6 Å². The summed E-state index contributed by atoms with van der Waals surface area (Å²) < 4.78 is 29.4. The number of hydrogen-bond donors (Lipinski definition) is 1. The third kappa shape index (κ3) is 4.71. The fourth-order valence-corrected chi connectivity index (χ4v) is 3.41. The van der Waals surface area contributed by atoms with E-state index in [1.54, 1.807) is 24.3 Å². The second-order valence-electron chi connectivity index (χ2n) is 6.28. The number of carbonyl (C=O) groups is 1. The lowest BCUT2D eigenvalue weighted by Gasteiger charge is -2.13. The first-order valence-corrected chi connectivity index (χ1v) is 10.7. The average molecular weight is 416 g/mol. The molecule has 0 spiro atoms. The number of carbonyl (C=O) groups excluding carboxylic acids is 1. The lowest BCUT2D eigenvalue weighted by molar-refractivity contribution is 0.102. The van der Waals surface area contributed by atoms with Gasteiger partial charge in [0.1, 0.15) is 5.75 Å². The summed E-state index contributed by atoms with van der Waals surface area (Å²) in [6.07, 6.45) is 1.07. The van der Waals surface area contributed by atoms with Crippen molar-refractivity contribution in [2.24, 2.45) is 0 Å². The third-order valence-electron chi connectivity index (χ3n) is 3.96. The van der Waals surface area contributed by atoms with Crippen LogP contribution in [-0.2, 0) is 9.84 Å². The van der Waals surface area contributed by atoms with E-state index in [1.807, 2.05) is 31.2 Å². The predicted octanol–water partition coefficient (Wildman–Crippen LogP) is 5.10. The number of hydrogen-bond acceptors (Lipinski definition) is 4. The maximum absolute atomic E-state index is 12.7. The van der Waals surface area contributed by atoms with Gasteiger partial charge in [0.15, 0.2) is 15.6 Å². The molecule has 1 amide bonds. The van der Waals surface area contributed by atoms with E-state index in [0.717, 1.165) is 11.8 Å². The van der Waals surface area contributed by atoms with Gasteiger partial charge in [-0.1, -0.05) is 35.9 Å². The lowest BCUT2D eigenvalue weighted by atomic mass is 10.2. The minimum absolute atomic E-state index is 0.0198. The zero-order valence-electron chi connectivity index (χ0n) is 15.3. The molecular weight excluding hydrogens is 398 g/mol. The molecule has 0 fully saturated rings. The molecule has 144 valence electrons. The number of aryl methyl sites for hydroxylation is 1. The molecule has 0 aliphatic rings. The molecule has 7 heteroatoms. The molecule has 0 aromatic heterocycles. The van der Waals surface area contributed by atoms with E-state index in [0.29, 0.717) is 17.2 Å². The molecule has 0 aliphatic carbocycles. The number of anilines is 1. The SMILES string of the molecule is Cc1cccc(Oc2ccccc2NC(=O)c2cc(S(C)(=O)=O)ccc2Cl)c1. The molecule has 0 heterocycles. The average Bonchev–Trinajstić information content (AvgIpc) is 2.62. The summed E-state index contributed by atoms with van der Waals surface area (Å²) in [4.78, 5) is 12.7. The maximum Gasteiger partial charge on any atom is 0.257 e. The molecule has 3 aromatic carbocycles. The van der Waals surface area contributed by atoms with Crippen LogP contribution in [0.2, 0.25) is 5.02 Å². The number of sulfone groups is 1. The van der Waals surface area contributed by atoms with Crippen LogP contribution in [0.1, 0.15) is 15.9 Å². The zero-order chi connectivity index (χ0) is 20.3. The van der Waals surface area contributed by atoms with Crippen LogP contribution in [0.3, 0.4) is 0 Å². The number of para-hydroxylation sites is 2. The highest BCUT2D eigenvalue weighted by molar-refractivity contribution is 7.90. The Balaban J connectivity index is 1.90. The Morgan fingerprint density at radius 3 is 2.46 bits per heavy atom. The van der Waals surface area contributed by atoms with Crippen molar-refractivity contribution >= 4 is 33.0 Å². The van der Waals surface area contributed by atoms with Crippen LogP contribution in [0.5, 0.6) is 11.5 Å². The Bertz CT molecular complexity index is 1140. The van der Waals surface area contributed by atoms with Gasteiger partial charge < -0.3 is 10.1 Å². The smallest absolute Gasteiger partial charge is 0.257 e. The molecule has 0 saturated heterocycles. The van der Waals surface area contributed by atoms with Gasteiger partial charge in [-0.2, -0.15) is 0 Å². The summed E-state index contributed by atoms with van der Waals surface area (Å²) in [6.45, 7) is 1.96. The fraction of sp³-hybridized carbons (Fsp3) is 0.0952. The van der Waals surface area contributed by atoms with Crippen molar-refractivity contribution < 1.29 is 17.9 Å². The van der Waals surface area contributed by atoms with Crippen LogP contribution in [-0.4, -0.2) is 20.6 Å². The molecular formula is C21H18ClNO4S. The first-order valence-electron chi connectivity index (χ1n) is 8.38. The zero-order valence-corrected chi connectivity index (χ0v) is 16.8.